The van der Waals surface area contributed by atoms with E-state index in [1.165, 1.54) is 38.5 Å². The molecule has 0 amide bonds. The van der Waals surface area contributed by atoms with E-state index in [9.17, 15) is 0 Å². The predicted molar refractivity (Wildman–Crippen MR) is 56.2 cm³/mol. The third kappa shape index (κ3) is 9.36. The first-order valence-corrected chi connectivity index (χ1v) is 5.43. The summed E-state index contributed by atoms with van der Waals surface area (Å²) in [5.74, 6) is 0. The zero-order valence-electron chi connectivity index (χ0n) is 8.76. The first kappa shape index (κ1) is 12.4. The molecule has 0 spiro atoms. The maximum Gasteiger partial charge on any atom is 0.0638 e. The van der Waals surface area contributed by atoms with Crippen LogP contribution in [0.3, 0.4) is 0 Å². The minimum absolute atomic E-state index is 0.108. The van der Waals surface area contributed by atoms with Crippen LogP contribution in [0.25, 0.3) is 0 Å². The van der Waals surface area contributed by atoms with Gasteiger partial charge in [-0.3, -0.25) is 0 Å². The number of nitrogens with two attached hydrogens (primary N) is 1. The van der Waals surface area contributed by atoms with Crippen LogP contribution in [0.5, 0.6) is 0 Å². The van der Waals surface area contributed by atoms with Crippen LogP contribution in [-0.2, 0) is 0 Å². The lowest BCUT2D eigenvalue weighted by Crippen LogP contribution is -2.18. The Bertz CT molecular complexity index is 138. The molecule has 0 aliphatic rings. The van der Waals surface area contributed by atoms with Crippen molar-refractivity contribution >= 4 is 0 Å². The molecule has 0 fully saturated rings. The molecule has 2 heteroatoms. The van der Waals surface area contributed by atoms with E-state index in [1.54, 1.807) is 0 Å². The van der Waals surface area contributed by atoms with Crippen molar-refractivity contribution in [2.45, 2.75) is 64.3 Å². The van der Waals surface area contributed by atoms with Crippen molar-refractivity contribution in [1.29, 1.82) is 5.26 Å². The Kier molecular flexibility index (Phi) is 9.13. The first-order chi connectivity index (χ1) is 6.31. The van der Waals surface area contributed by atoms with E-state index in [-0.39, 0.29) is 6.04 Å². The number of hydrogen-bond donors (Lipinski definition) is 1. The van der Waals surface area contributed by atoms with Crippen LogP contribution in [0.2, 0.25) is 0 Å². The molecule has 0 saturated heterocycles. The minimum Gasteiger partial charge on any atom is -0.327 e. The molecular formula is C11H22N2. The van der Waals surface area contributed by atoms with Gasteiger partial charge in [-0.05, 0) is 6.42 Å². The summed E-state index contributed by atoms with van der Waals surface area (Å²) in [7, 11) is 0. The maximum absolute atomic E-state index is 8.38. The highest BCUT2D eigenvalue weighted by molar-refractivity contribution is 4.77. The van der Waals surface area contributed by atoms with Crippen LogP contribution >= 0.6 is 0 Å². The molecule has 0 aromatic heterocycles. The highest BCUT2D eigenvalue weighted by Gasteiger charge is 2.00. The average molecular weight is 182 g/mol. The molecule has 0 saturated carbocycles. The lowest BCUT2D eigenvalue weighted by molar-refractivity contribution is 0.539. The molecule has 13 heavy (non-hydrogen) atoms. The van der Waals surface area contributed by atoms with Crippen molar-refractivity contribution in [3.05, 3.63) is 0 Å². The number of unbranched alkanes of at least 4 members (excludes halogenated alkanes) is 5. The molecule has 0 heterocycles. The van der Waals surface area contributed by atoms with E-state index >= 15 is 0 Å². The zero-order chi connectivity index (χ0) is 9.94. The Balaban J connectivity index is 3.03. The van der Waals surface area contributed by atoms with E-state index < -0.39 is 0 Å². The molecule has 0 aromatic carbocycles. The highest BCUT2D eigenvalue weighted by Crippen LogP contribution is 2.08. The highest BCUT2D eigenvalue weighted by atomic mass is 14.6. The van der Waals surface area contributed by atoms with E-state index in [0.29, 0.717) is 6.42 Å². The van der Waals surface area contributed by atoms with Crippen LogP contribution in [0.15, 0.2) is 0 Å². The van der Waals surface area contributed by atoms with Gasteiger partial charge in [-0.25, -0.2) is 0 Å². The van der Waals surface area contributed by atoms with E-state index in [4.69, 9.17) is 11.0 Å². The summed E-state index contributed by atoms with van der Waals surface area (Å²) >= 11 is 0. The topological polar surface area (TPSA) is 49.8 Å². The van der Waals surface area contributed by atoms with Gasteiger partial charge in [0.05, 0.1) is 12.5 Å². The summed E-state index contributed by atoms with van der Waals surface area (Å²) < 4.78 is 0. The average Bonchev–Trinajstić information content (AvgIpc) is 2.11. The van der Waals surface area contributed by atoms with Gasteiger partial charge in [-0.2, -0.15) is 5.26 Å². The van der Waals surface area contributed by atoms with Crippen molar-refractivity contribution < 1.29 is 0 Å². The molecular weight excluding hydrogens is 160 g/mol. The fourth-order valence-corrected chi connectivity index (χ4v) is 1.41. The largest absolute Gasteiger partial charge is 0.327 e. The molecule has 1 unspecified atom stereocenters. The smallest absolute Gasteiger partial charge is 0.0638 e. The fourth-order valence-electron chi connectivity index (χ4n) is 1.41. The van der Waals surface area contributed by atoms with Gasteiger partial charge in [0.15, 0.2) is 0 Å². The first-order valence-electron chi connectivity index (χ1n) is 5.43. The normalized spacial score (nSPS) is 12.4. The monoisotopic (exact) mass is 182 g/mol. The summed E-state index contributed by atoms with van der Waals surface area (Å²) in [6.45, 7) is 2.23. The lowest BCUT2D eigenvalue weighted by Gasteiger charge is -2.06. The van der Waals surface area contributed by atoms with Gasteiger partial charge in [0.25, 0.3) is 0 Å². The Morgan fingerprint density at radius 3 is 2.38 bits per heavy atom. The van der Waals surface area contributed by atoms with Crippen LogP contribution in [0, 0.1) is 11.3 Å². The van der Waals surface area contributed by atoms with Crippen molar-refractivity contribution in [1.82, 2.24) is 0 Å². The van der Waals surface area contributed by atoms with Crippen LogP contribution in [-0.4, -0.2) is 6.04 Å². The number of nitrogens with zero attached hydrogens (tertiary/aromatic N) is 1. The molecule has 76 valence electrons. The van der Waals surface area contributed by atoms with Gasteiger partial charge < -0.3 is 5.73 Å². The molecule has 0 aromatic rings. The quantitative estimate of drug-likeness (QED) is 0.587. The predicted octanol–water partition coefficient (Wildman–Crippen LogP) is 2.98. The number of nitriles is 1. The molecule has 0 aliphatic heterocycles. The van der Waals surface area contributed by atoms with Crippen molar-refractivity contribution in [2.24, 2.45) is 5.73 Å². The molecule has 2 N–H and O–H groups in total. The summed E-state index contributed by atoms with van der Waals surface area (Å²) in [6, 6.07) is 2.21. The summed E-state index contributed by atoms with van der Waals surface area (Å²) in [4.78, 5) is 0. The van der Waals surface area contributed by atoms with Gasteiger partial charge in [0.2, 0.25) is 0 Å². The Morgan fingerprint density at radius 2 is 1.77 bits per heavy atom. The third-order valence-electron chi connectivity index (χ3n) is 2.28. The van der Waals surface area contributed by atoms with E-state index in [1.807, 2.05) is 0 Å². The molecule has 0 aliphatic carbocycles. The Morgan fingerprint density at radius 1 is 1.15 bits per heavy atom. The Hall–Kier alpha value is -0.550. The van der Waals surface area contributed by atoms with Crippen molar-refractivity contribution in [3.8, 4) is 6.07 Å². The van der Waals surface area contributed by atoms with Gasteiger partial charge in [0, 0.05) is 6.04 Å². The second-order valence-electron chi connectivity index (χ2n) is 3.68. The van der Waals surface area contributed by atoms with Crippen LogP contribution < -0.4 is 5.73 Å². The zero-order valence-corrected chi connectivity index (χ0v) is 8.76. The Labute approximate surface area is 82.1 Å². The maximum atomic E-state index is 8.38. The van der Waals surface area contributed by atoms with E-state index in [2.05, 4.69) is 13.0 Å². The fraction of sp³-hybridized carbons (Fsp3) is 0.909. The van der Waals surface area contributed by atoms with Gasteiger partial charge in [-0.1, -0.05) is 45.4 Å². The number of hydrogen-bond acceptors (Lipinski definition) is 2. The molecule has 1 atom stereocenters. The lowest BCUT2D eigenvalue weighted by atomic mass is 10.0. The second kappa shape index (κ2) is 9.54. The third-order valence-corrected chi connectivity index (χ3v) is 2.28. The summed E-state index contributed by atoms with van der Waals surface area (Å²) in [6.07, 6.45) is 9.32. The standard InChI is InChI=1S/C11H22N2/c1-2-3-4-5-6-7-8-11(13)9-10-12/h11H,2-9,13H2,1H3. The van der Waals surface area contributed by atoms with Gasteiger partial charge >= 0.3 is 0 Å². The van der Waals surface area contributed by atoms with Crippen molar-refractivity contribution in [2.75, 3.05) is 0 Å². The SMILES string of the molecule is CCCCCCCCC(N)CC#N. The van der Waals surface area contributed by atoms with Crippen molar-refractivity contribution in [3.63, 3.8) is 0 Å². The molecule has 0 bridgehead atoms. The summed E-state index contributed by atoms with van der Waals surface area (Å²) in [5, 5.41) is 8.38. The van der Waals surface area contributed by atoms with Gasteiger partial charge in [-0.15, -0.1) is 0 Å². The van der Waals surface area contributed by atoms with Crippen LogP contribution in [0.1, 0.15) is 58.3 Å². The van der Waals surface area contributed by atoms with Crippen LogP contribution in [0.4, 0.5) is 0 Å². The molecule has 2 nitrogen and oxygen atoms in total. The van der Waals surface area contributed by atoms with E-state index in [0.717, 1.165) is 6.42 Å². The second-order valence-corrected chi connectivity index (χ2v) is 3.68. The molecule has 0 radical (unpaired) electrons. The number of rotatable bonds is 8. The minimum atomic E-state index is 0.108. The van der Waals surface area contributed by atoms with Gasteiger partial charge in [0.1, 0.15) is 0 Å². The summed E-state index contributed by atoms with van der Waals surface area (Å²) in [5.41, 5.74) is 5.70. The molecule has 0 rings (SSSR count).